The molecule has 4 nitrogen and oxygen atoms in total. The highest BCUT2D eigenvalue weighted by atomic mass is 19.3. The molecule has 16 heavy (non-hydrogen) atoms. The van der Waals surface area contributed by atoms with Gasteiger partial charge >= 0.3 is 18.2 Å². The van der Waals surface area contributed by atoms with E-state index in [1.54, 1.807) is 0 Å². The molecule has 1 fully saturated rings. The Bertz CT molecular complexity index is 362. The quantitative estimate of drug-likeness (QED) is 0.818. The molecule has 0 aliphatic carbocycles. The zero-order chi connectivity index (χ0) is 11.8. The summed E-state index contributed by atoms with van der Waals surface area (Å²) in [7, 11) is 0. The number of nitrogens with one attached hydrogen (secondary N) is 1. The maximum Gasteiger partial charge on any atom is 0.383 e. The molecule has 2 rings (SSSR count). The van der Waals surface area contributed by atoms with Gasteiger partial charge in [-0.2, -0.15) is 13.8 Å². The third kappa shape index (κ3) is 1.89. The second-order valence-corrected chi connectivity index (χ2v) is 3.53. The zero-order valence-electron chi connectivity index (χ0n) is 8.09. The van der Waals surface area contributed by atoms with Crippen molar-refractivity contribution in [1.82, 2.24) is 15.5 Å². The lowest BCUT2D eigenvalue weighted by Gasteiger charge is -2.08. The van der Waals surface area contributed by atoms with Crippen molar-refractivity contribution in [2.24, 2.45) is 0 Å². The molecule has 1 N–H and O–H groups in total. The SMILES string of the molecule is FC(F)C(F)(F)c1nc(C2CCCN2)no1. The van der Waals surface area contributed by atoms with E-state index in [2.05, 4.69) is 20.0 Å². The summed E-state index contributed by atoms with van der Waals surface area (Å²) in [6.45, 7) is 0.722. The second-order valence-electron chi connectivity index (χ2n) is 3.53. The van der Waals surface area contributed by atoms with Crippen molar-refractivity contribution in [3.63, 3.8) is 0 Å². The molecule has 0 radical (unpaired) electrons. The molecule has 1 aliphatic rings. The number of hydrogen-bond donors (Lipinski definition) is 1. The highest BCUT2D eigenvalue weighted by molar-refractivity contribution is 5.00. The fraction of sp³-hybridized carbons (Fsp3) is 0.750. The first-order chi connectivity index (χ1) is 7.51. The molecule has 8 heteroatoms. The van der Waals surface area contributed by atoms with E-state index in [1.807, 2.05) is 0 Å². The highest BCUT2D eigenvalue weighted by Gasteiger charge is 2.48. The minimum Gasteiger partial charge on any atom is -0.332 e. The molecule has 1 aliphatic heterocycles. The summed E-state index contributed by atoms with van der Waals surface area (Å²) in [5.74, 6) is -5.71. The zero-order valence-corrected chi connectivity index (χ0v) is 8.09. The van der Waals surface area contributed by atoms with Gasteiger partial charge in [0.2, 0.25) is 0 Å². The molecule has 2 heterocycles. The van der Waals surface area contributed by atoms with Gasteiger partial charge in [0, 0.05) is 0 Å². The normalized spacial score (nSPS) is 21.9. The number of nitrogens with zero attached hydrogens (tertiary/aromatic N) is 2. The number of rotatable bonds is 3. The van der Waals surface area contributed by atoms with Crippen LogP contribution in [0.5, 0.6) is 0 Å². The van der Waals surface area contributed by atoms with Crippen molar-refractivity contribution in [3.8, 4) is 0 Å². The van der Waals surface area contributed by atoms with E-state index in [9.17, 15) is 17.6 Å². The predicted molar refractivity (Wildman–Crippen MR) is 44.2 cm³/mol. The summed E-state index contributed by atoms with van der Waals surface area (Å²) < 4.78 is 53.8. The maximum absolute atomic E-state index is 12.8. The van der Waals surface area contributed by atoms with E-state index in [1.165, 1.54) is 0 Å². The molecule has 0 saturated carbocycles. The highest BCUT2D eigenvalue weighted by Crippen LogP contribution is 2.34. The molecule has 1 unspecified atom stereocenters. The van der Waals surface area contributed by atoms with E-state index in [0.29, 0.717) is 6.42 Å². The molecule has 0 amide bonds. The van der Waals surface area contributed by atoms with Crippen LogP contribution in [0.3, 0.4) is 0 Å². The van der Waals surface area contributed by atoms with Gasteiger partial charge in [0.1, 0.15) is 0 Å². The standard InChI is InChI=1S/C8H9F4N3O/c9-6(10)8(11,12)7-14-5(15-16-7)4-2-1-3-13-4/h4,6,13H,1-3H2. The molecular formula is C8H9F4N3O. The third-order valence-corrected chi connectivity index (χ3v) is 2.37. The van der Waals surface area contributed by atoms with Crippen LogP contribution >= 0.6 is 0 Å². The Hall–Kier alpha value is -1.18. The van der Waals surface area contributed by atoms with Gasteiger partial charge in [-0.15, -0.1) is 0 Å². The van der Waals surface area contributed by atoms with Crippen molar-refractivity contribution < 1.29 is 22.1 Å². The van der Waals surface area contributed by atoms with E-state index < -0.39 is 18.2 Å². The first kappa shape index (κ1) is 11.3. The number of hydrogen-bond acceptors (Lipinski definition) is 4. The molecule has 1 atom stereocenters. The van der Waals surface area contributed by atoms with E-state index in [-0.39, 0.29) is 11.9 Å². The van der Waals surface area contributed by atoms with Gasteiger partial charge in [-0.3, -0.25) is 0 Å². The lowest BCUT2D eigenvalue weighted by atomic mass is 10.2. The maximum atomic E-state index is 12.8. The predicted octanol–water partition coefficient (Wildman–Crippen LogP) is 1.85. The Morgan fingerprint density at radius 1 is 1.44 bits per heavy atom. The molecule has 0 spiro atoms. The van der Waals surface area contributed by atoms with Crippen LogP contribution in [0, 0.1) is 0 Å². The summed E-state index contributed by atoms with van der Waals surface area (Å²) in [5.41, 5.74) is 0. The van der Waals surface area contributed by atoms with Crippen molar-refractivity contribution in [2.45, 2.75) is 31.2 Å². The molecule has 1 aromatic heterocycles. The van der Waals surface area contributed by atoms with Gasteiger partial charge < -0.3 is 9.84 Å². The van der Waals surface area contributed by atoms with Gasteiger partial charge in [0.15, 0.2) is 5.82 Å². The van der Waals surface area contributed by atoms with Gasteiger partial charge in [0.05, 0.1) is 6.04 Å². The smallest absolute Gasteiger partial charge is 0.332 e. The molecule has 0 bridgehead atoms. The van der Waals surface area contributed by atoms with Crippen LogP contribution in [-0.2, 0) is 5.92 Å². The van der Waals surface area contributed by atoms with Crippen LogP contribution in [0.25, 0.3) is 0 Å². The topological polar surface area (TPSA) is 51.0 Å². The molecule has 1 aromatic rings. The van der Waals surface area contributed by atoms with Crippen molar-refractivity contribution in [2.75, 3.05) is 6.54 Å². The monoisotopic (exact) mass is 239 g/mol. The Labute approximate surface area is 88.0 Å². The first-order valence-corrected chi connectivity index (χ1v) is 4.75. The van der Waals surface area contributed by atoms with Crippen LogP contribution in [0.15, 0.2) is 4.52 Å². The van der Waals surface area contributed by atoms with Crippen LogP contribution < -0.4 is 5.32 Å². The van der Waals surface area contributed by atoms with Gasteiger partial charge in [-0.1, -0.05) is 5.16 Å². The summed E-state index contributed by atoms with van der Waals surface area (Å²) in [6, 6.07) is -0.286. The Balaban J connectivity index is 2.18. The minimum absolute atomic E-state index is 0.00725. The van der Waals surface area contributed by atoms with Crippen molar-refractivity contribution in [1.29, 1.82) is 0 Å². The fourth-order valence-electron chi connectivity index (χ4n) is 1.51. The van der Waals surface area contributed by atoms with Crippen molar-refractivity contribution in [3.05, 3.63) is 11.7 Å². The summed E-state index contributed by atoms with van der Waals surface area (Å²) in [5, 5.41) is 6.23. The average Bonchev–Trinajstić information content (AvgIpc) is 2.88. The summed E-state index contributed by atoms with van der Waals surface area (Å²) >= 11 is 0. The molecule has 1 saturated heterocycles. The van der Waals surface area contributed by atoms with E-state index >= 15 is 0 Å². The van der Waals surface area contributed by atoms with Crippen LogP contribution in [0.1, 0.15) is 30.6 Å². The summed E-state index contributed by atoms with van der Waals surface area (Å²) in [4.78, 5) is 3.31. The number of aromatic nitrogens is 2. The Kier molecular flexibility index (Phi) is 2.83. The van der Waals surface area contributed by atoms with E-state index in [0.717, 1.165) is 13.0 Å². The van der Waals surface area contributed by atoms with Gasteiger partial charge in [0.25, 0.3) is 0 Å². The van der Waals surface area contributed by atoms with Crippen LogP contribution in [0.2, 0.25) is 0 Å². The van der Waals surface area contributed by atoms with Crippen molar-refractivity contribution >= 4 is 0 Å². The largest absolute Gasteiger partial charge is 0.383 e. The van der Waals surface area contributed by atoms with Crippen LogP contribution in [0.4, 0.5) is 17.6 Å². The number of alkyl halides is 4. The Morgan fingerprint density at radius 2 is 2.19 bits per heavy atom. The van der Waals surface area contributed by atoms with Crippen LogP contribution in [-0.4, -0.2) is 23.1 Å². The lowest BCUT2D eigenvalue weighted by Crippen LogP contribution is -2.24. The second kappa shape index (κ2) is 4.00. The molecular weight excluding hydrogens is 230 g/mol. The summed E-state index contributed by atoms with van der Waals surface area (Å²) in [6.07, 6.45) is -2.31. The minimum atomic E-state index is -4.39. The number of halogens is 4. The molecule has 0 aromatic carbocycles. The fourth-order valence-corrected chi connectivity index (χ4v) is 1.51. The first-order valence-electron chi connectivity index (χ1n) is 4.75. The van der Waals surface area contributed by atoms with Gasteiger partial charge in [-0.25, -0.2) is 8.78 Å². The Morgan fingerprint density at radius 3 is 2.75 bits per heavy atom. The third-order valence-electron chi connectivity index (χ3n) is 2.37. The average molecular weight is 239 g/mol. The molecule has 90 valence electrons. The van der Waals surface area contributed by atoms with Gasteiger partial charge in [-0.05, 0) is 19.4 Å². The van der Waals surface area contributed by atoms with E-state index in [4.69, 9.17) is 0 Å². The lowest BCUT2D eigenvalue weighted by molar-refractivity contribution is -0.152.